The van der Waals surface area contributed by atoms with Gasteiger partial charge in [-0.05, 0) is 24.7 Å². The van der Waals surface area contributed by atoms with Gasteiger partial charge in [-0.1, -0.05) is 20.8 Å². The zero-order chi connectivity index (χ0) is 10.9. The summed E-state index contributed by atoms with van der Waals surface area (Å²) in [6, 6.07) is 0. The van der Waals surface area contributed by atoms with Crippen molar-refractivity contribution in [3.8, 4) is 0 Å². The Hall–Kier alpha value is -1.12. The Morgan fingerprint density at radius 2 is 1.71 bits per heavy atom. The highest BCUT2D eigenvalue weighted by Crippen LogP contribution is 2.22. The van der Waals surface area contributed by atoms with E-state index >= 15 is 0 Å². The molecule has 0 unspecified atom stereocenters. The molecule has 1 rings (SSSR count). The Morgan fingerprint density at radius 3 is 2.14 bits per heavy atom. The predicted molar refractivity (Wildman–Crippen MR) is 58.2 cm³/mol. The van der Waals surface area contributed by atoms with Gasteiger partial charge in [0.1, 0.15) is 0 Å². The summed E-state index contributed by atoms with van der Waals surface area (Å²) >= 11 is 0. The number of nitrogens with two attached hydrogens (primary N) is 1. The summed E-state index contributed by atoms with van der Waals surface area (Å²) in [7, 11) is 0. The van der Waals surface area contributed by atoms with Crippen LogP contribution in [0.2, 0.25) is 0 Å². The van der Waals surface area contributed by atoms with E-state index in [-0.39, 0.29) is 16.5 Å². The Morgan fingerprint density at radius 1 is 1.14 bits per heavy atom. The molecule has 3 heteroatoms. The zero-order valence-corrected chi connectivity index (χ0v) is 9.02. The number of hydrogen-bond donors (Lipinski definition) is 1. The minimum absolute atomic E-state index is 0.184. The highest BCUT2D eigenvalue weighted by molar-refractivity contribution is 5.52. The summed E-state index contributed by atoms with van der Waals surface area (Å²) in [6.07, 6.45) is 2.59. The first-order chi connectivity index (χ1) is 6.33. The average molecular weight is 195 g/mol. The van der Waals surface area contributed by atoms with E-state index in [9.17, 15) is 9.59 Å². The van der Waals surface area contributed by atoms with Crippen molar-refractivity contribution < 1.29 is 0 Å². The molecule has 0 saturated carbocycles. The third-order valence-electron chi connectivity index (χ3n) is 2.40. The van der Waals surface area contributed by atoms with E-state index in [0.717, 1.165) is 12.8 Å². The molecule has 0 atom stereocenters. The van der Waals surface area contributed by atoms with Crippen LogP contribution < -0.4 is 16.6 Å². The molecule has 78 valence electrons. The molecule has 0 aliphatic heterocycles. The van der Waals surface area contributed by atoms with Crippen molar-refractivity contribution in [1.82, 2.24) is 0 Å². The molecule has 0 aliphatic rings. The summed E-state index contributed by atoms with van der Waals surface area (Å²) in [5.74, 6) is 0. The molecule has 0 saturated heterocycles. The molecule has 0 radical (unpaired) electrons. The fourth-order valence-corrected chi connectivity index (χ4v) is 1.50. The van der Waals surface area contributed by atoms with Gasteiger partial charge in [0.05, 0.1) is 5.69 Å². The molecular formula is C11H17NO2. The van der Waals surface area contributed by atoms with Crippen LogP contribution in [0.1, 0.15) is 39.2 Å². The molecular weight excluding hydrogens is 178 g/mol. The first-order valence-electron chi connectivity index (χ1n) is 4.90. The molecule has 0 amide bonds. The largest absolute Gasteiger partial charge is 0.395 e. The maximum Gasteiger partial charge on any atom is 0.249 e. The number of hydrogen-bond acceptors (Lipinski definition) is 3. The summed E-state index contributed by atoms with van der Waals surface area (Å²) in [5, 5.41) is 0. The maximum absolute atomic E-state index is 11.0. The van der Waals surface area contributed by atoms with E-state index in [4.69, 9.17) is 5.73 Å². The van der Waals surface area contributed by atoms with Gasteiger partial charge < -0.3 is 5.73 Å². The van der Waals surface area contributed by atoms with Crippen molar-refractivity contribution in [1.29, 1.82) is 0 Å². The van der Waals surface area contributed by atoms with Gasteiger partial charge in [-0.2, -0.15) is 0 Å². The smallest absolute Gasteiger partial charge is 0.249 e. The van der Waals surface area contributed by atoms with Crippen LogP contribution in [0.15, 0.2) is 9.59 Å². The number of rotatable bonds is 3. The van der Waals surface area contributed by atoms with Gasteiger partial charge in [-0.15, -0.1) is 0 Å². The van der Waals surface area contributed by atoms with Gasteiger partial charge in [-0.25, -0.2) is 0 Å². The first-order valence-corrected chi connectivity index (χ1v) is 4.90. The standard InChI is InChI=1S/C11H17NO2/c1-11(2,3)6-4-5-7-8(12)10(14)9(7)13/h4-6,12H2,1-3H3. The van der Waals surface area contributed by atoms with Crippen LogP contribution in [0.5, 0.6) is 0 Å². The van der Waals surface area contributed by atoms with Crippen molar-refractivity contribution >= 4 is 5.69 Å². The van der Waals surface area contributed by atoms with E-state index in [0.29, 0.717) is 12.0 Å². The Labute approximate surface area is 83.6 Å². The second-order valence-electron chi connectivity index (χ2n) is 4.96. The lowest BCUT2D eigenvalue weighted by Gasteiger charge is -2.17. The second kappa shape index (κ2) is 3.56. The van der Waals surface area contributed by atoms with Gasteiger partial charge in [0.2, 0.25) is 10.9 Å². The van der Waals surface area contributed by atoms with Gasteiger partial charge in [-0.3, -0.25) is 9.59 Å². The van der Waals surface area contributed by atoms with Gasteiger partial charge in [0, 0.05) is 5.56 Å². The third kappa shape index (κ3) is 2.22. The summed E-state index contributed by atoms with van der Waals surface area (Å²) in [5.41, 5.74) is 5.53. The molecule has 1 aromatic rings. The highest BCUT2D eigenvalue weighted by Gasteiger charge is 2.18. The van der Waals surface area contributed by atoms with E-state index in [2.05, 4.69) is 20.8 Å². The molecule has 3 nitrogen and oxygen atoms in total. The van der Waals surface area contributed by atoms with Crippen LogP contribution in [0.3, 0.4) is 0 Å². The number of nitrogen functional groups attached to an aromatic ring is 1. The lowest BCUT2D eigenvalue weighted by atomic mass is 9.88. The molecule has 0 bridgehead atoms. The van der Waals surface area contributed by atoms with Crippen LogP contribution in [-0.2, 0) is 6.42 Å². The average Bonchev–Trinajstić information content (AvgIpc) is 2.09. The van der Waals surface area contributed by atoms with Gasteiger partial charge in [0.25, 0.3) is 0 Å². The Kier molecular flexibility index (Phi) is 2.79. The molecule has 0 heterocycles. The minimum atomic E-state index is -0.504. The van der Waals surface area contributed by atoms with E-state index < -0.39 is 5.43 Å². The molecule has 2 N–H and O–H groups in total. The quantitative estimate of drug-likeness (QED) is 0.738. The van der Waals surface area contributed by atoms with E-state index in [1.165, 1.54) is 0 Å². The maximum atomic E-state index is 11.0. The van der Waals surface area contributed by atoms with Crippen LogP contribution in [0.25, 0.3) is 0 Å². The number of anilines is 1. The topological polar surface area (TPSA) is 60.2 Å². The van der Waals surface area contributed by atoms with E-state index in [1.807, 2.05) is 0 Å². The summed E-state index contributed by atoms with van der Waals surface area (Å²) in [6.45, 7) is 6.45. The van der Waals surface area contributed by atoms with Crippen LogP contribution >= 0.6 is 0 Å². The minimum Gasteiger partial charge on any atom is -0.395 e. The normalized spacial score (nSPS) is 12.2. The molecule has 0 aromatic heterocycles. The molecule has 1 aromatic carbocycles. The van der Waals surface area contributed by atoms with Crippen LogP contribution in [-0.4, -0.2) is 0 Å². The Bertz CT molecular complexity index is 392. The molecule has 0 spiro atoms. The second-order valence-corrected chi connectivity index (χ2v) is 4.96. The van der Waals surface area contributed by atoms with Gasteiger partial charge in [0.15, 0.2) is 0 Å². The SMILES string of the molecule is CC(C)(C)CCCc1c(N)c(=O)c1=O. The van der Waals surface area contributed by atoms with Crippen molar-refractivity contribution in [2.75, 3.05) is 5.73 Å². The van der Waals surface area contributed by atoms with Crippen molar-refractivity contribution in [3.05, 3.63) is 26.0 Å². The van der Waals surface area contributed by atoms with Crippen LogP contribution in [0, 0.1) is 5.41 Å². The highest BCUT2D eigenvalue weighted by atomic mass is 16.2. The first kappa shape index (κ1) is 11.0. The van der Waals surface area contributed by atoms with E-state index in [1.54, 1.807) is 0 Å². The zero-order valence-electron chi connectivity index (χ0n) is 9.02. The lowest BCUT2D eigenvalue weighted by Crippen LogP contribution is -2.38. The molecule has 0 aliphatic carbocycles. The summed E-state index contributed by atoms with van der Waals surface area (Å²) < 4.78 is 0. The van der Waals surface area contributed by atoms with Crippen molar-refractivity contribution in [3.63, 3.8) is 0 Å². The fourth-order valence-electron chi connectivity index (χ4n) is 1.50. The molecule has 14 heavy (non-hydrogen) atoms. The lowest BCUT2D eigenvalue weighted by molar-refractivity contribution is 0.365. The predicted octanol–water partition coefficient (Wildman–Crippen LogP) is 1.23. The van der Waals surface area contributed by atoms with Crippen molar-refractivity contribution in [2.24, 2.45) is 5.41 Å². The molecule has 0 fully saturated rings. The fraction of sp³-hybridized carbons (Fsp3) is 0.636. The Balaban J connectivity index is 2.49. The van der Waals surface area contributed by atoms with Crippen LogP contribution in [0.4, 0.5) is 5.69 Å². The monoisotopic (exact) mass is 195 g/mol. The van der Waals surface area contributed by atoms with Crippen molar-refractivity contribution in [2.45, 2.75) is 40.0 Å². The third-order valence-corrected chi connectivity index (χ3v) is 2.40. The summed E-state index contributed by atoms with van der Waals surface area (Å²) in [4.78, 5) is 21.8. The van der Waals surface area contributed by atoms with Gasteiger partial charge >= 0.3 is 0 Å².